The van der Waals surface area contributed by atoms with Crippen molar-refractivity contribution in [3.05, 3.63) is 48.0 Å². The van der Waals surface area contributed by atoms with Gasteiger partial charge in [0.05, 0.1) is 0 Å². The number of hydrogen-bond donors (Lipinski definition) is 0. The maximum atomic E-state index is 6.40. The molecule has 0 aliphatic heterocycles. The first-order chi connectivity index (χ1) is 14.1. The molecule has 0 bridgehead atoms. The fourth-order valence-electron chi connectivity index (χ4n) is 3.42. The van der Waals surface area contributed by atoms with E-state index in [0.717, 1.165) is 49.0 Å². The summed E-state index contributed by atoms with van der Waals surface area (Å²) in [6.07, 6.45) is 28.0. The van der Waals surface area contributed by atoms with Crippen molar-refractivity contribution < 1.29 is 4.74 Å². The van der Waals surface area contributed by atoms with Gasteiger partial charge in [0.25, 0.3) is 0 Å². The van der Waals surface area contributed by atoms with E-state index in [1.165, 1.54) is 51.4 Å². The van der Waals surface area contributed by atoms with Gasteiger partial charge in [-0.25, -0.2) is 0 Å². The highest BCUT2D eigenvalue weighted by atomic mass is 16.5. The molecule has 168 valence electrons. The van der Waals surface area contributed by atoms with Crippen LogP contribution in [0.25, 0.3) is 0 Å². The molecule has 29 heavy (non-hydrogen) atoms. The third-order valence-corrected chi connectivity index (χ3v) is 5.66. The van der Waals surface area contributed by atoms with Gasteiger partial charge in [0.2, 0.25) is 0 Å². The fraction of sp³-hybridized carbons (Fsp3) is 0.714. The average molecular weight is 403 g/mol. The van der Waals surface area contributed by atoms with Crippen molar-refractivity contribution >= 4 is 0 Å². The highest BCUT2D eigenvalue weighted by Crippen LogP contribution is 2.22. The topological polar surface area (TPSA) is 9.23 Å². The normalized spacial score (nSPS) is 15.4. The summed E-state index contributed by atoms with van der Waals surface area (Å²) in [6.45, 7) is 13.5. The first kappa shape index (κ1) is 27.8. The largest absolute Gasteiger partial charge is 0.458 e. The molecule has 2 atom stereocenters. The van der Waals surface area contributed by atoms with Crippen LogP contribution in [0.3, 0.4) is 0 Å². The van der Waals surface area contributed by atoms with Crippen LogP contribution in [0, 0.1) is 11.8 Å². The van der Waals surface area contributed by atoms with E-state index in [2.05, 4.69) is 78.0 Å². The SMILES string of the molecule is CCC=CC(=CCC(CC)CCCC)OC(C=CCC)=CCC(CC)CCCC. The molecular formula is C28H50O. The number of ether oxygens (including phenoxy) is 1. The second kappa shape index (κ2) is 20.0. The molecule has 0 radical (unpaired) electrons. The van der Waals surface area contributed by atoms with Crippen molar-refractivity contribution in [2.75, 3.05) is 0 Å². The Labute approximate surface area is 183 Å². The number of unbranched alkanes of at least 4 members (excludes halogenated alkanes) is 2. The Bertz CT molecular complexity index is 437. The van der Waals surface area contributed by atoms with E-state index in [0.29, 0.717) is 0 Å². The fourth-order valence-corrected chi connectivity index (χ4v) is 3.42. The molecule has 0 amide bonds. The highest BCUT2D eigenvalue weighted by Gasteiger charge is 2.08. The maximum Gasteiger partial charge on any atom is 0.123 e. The molecule has 0 saturated heterocycles. The van der Waals surface area contributed by atoms with E-state index in [1.807, 2.05) is 0 Å². The zero-order valence-electron chi connectivity index (χ0n) is 20.5. The van der Waals surface area contributed by atoms with Crippen LogP contribution in [0.2, 0.25) is 0 Å². The second-order valence-electron chi connectivity index (χ2n) is 8.24. The lowest BCUT2D eigenvalue weighted by Gasteiger charge is -2.15. The van der Waals surface area contributed by atoms with E-state index in [-0.39, 0.29) is 0 Å². The van der Waals surface area contributed by atoms with Crippen LogP contribution in [-0.4, -0.2) is 0 Å². The lowest BCUT2D eigenvalue weighted by molar-refractivity contribution is 0.325. The minimum atomic E-state index is 0.765. The molecule has 1 heteroatoms. The van der Waals surface area contributed by atoms with E-state index >= 15 is 0 Å². The van der Waals surface area contributed by atoms with Crippen LogP contribution in [0.15, 0.2) is 48.0 Å². The molecule has 0 spiro atoms. The van der Waals surface area contributed by atoms with Crippen LogP contribution in [0.4, 0.5) is 0 Å². The van der Waals surface area contributed by atoms with Crippen molar-refractivity contribution in [2.24, 2.45) is 11.8 Å². The Morgan fingerprint density at radius 1 is 0.655 bits per heavy atom. The molecule has 0 fully saturated rings. The highest BCUT2D eigenvalue weighted by molar-refractivity contribution is 5.20. The third-order valence-electron chi connectivity index (χ3n) is 5.66. The molecule has 0 N–H and O–H groups in total. The van der Waals surface area contributed by atoms with Gasteiger partial charge in [-0.2, -0.15) is 0 Å². The van der Waals surface area contributed by atoms with Gasteiger partial charge in [0.1, 0.15) is 11.5 Å². The van der Waals surface area contributed by atoms with Crippen molar-refractivity contribution in [3.63, 3.8) is 0 Å². The van der Waals surface area contributed by atoms with Gasteiger partial charge < -0.3 is 4.74 Å². The molecule has 0 saturated carbocycles. The maximum absolute atomic E-state index is 6.40. The van der Waals surface area contributed by atoms with Gasteiger partial charge in [-0.05, 0) is 61.8 Å². The van der Waals surface area contributed by atoms with Crippen molar-refractivity contribution in [3.8, 4) is 0 Å². The molecule has 0 aromatic heterocycles. The summed E-state index contributed by atoms with van der Waals surface area (Å²) in [6, 6.07) is 0. The van der Waals surface area contributed by atoms with Gasteiger partial charge in [-0.1, -0.05) is 105 Å². The van der Waals surface area contributed by atoms with Gasteiger partial charge in [-0.3, -0.25) is 0 Å². The van der Waals surface area contributed by atoms with E-state index < -0.39 is 0 Å². The van der Waals surface area contributed by atoms with E-state index in [9.17, 15) is 0 Å². The summed E-state index contributed by atoms with van der Waals surface area (Å²) in [5.41, 5.74) is 0. The van der Waals surface area contributed by atoms with Gasteiger partial charge in [0, 0.05) is 0 Å². The zero-order valence-corrected chi connectivity index (χ0v) is 20.5. The van der Waals surface area contributed by atoms with Crippen LogP contribution in [0.1, 0.15) is 119 Å². The number of hydrogen-bond acceptors (Lipinski definition) is 1. The zero-order chi connectivity index (χ0) is 21.7. The molecular weight excluding hydrogens is 352 g/mol. The van der Waals surface area contributed by atoms with Crippen LogP contribution in [0.5, 0.6) is 0 Å². The van der Waals surface area contributed by atoms with Gasteiger partial charge >= 0.3 is 0 Å². The molecule has 1 nitrogen and oxygen atoms in total. The van der Waals surface area contributed by atoms with Crippen LogP contribution < -0.4 is 0 Å². The third kappa shape index (κ3) is 15.3. The summed E-state index contributed by atoms with van der Waals surface area (Å²) in [5, 5.41) is 0. The Kier molecular flexibility index (Phi) is 19.2. The Morgan fingerprint density at radius 2 is 1.07 bits per heavy atom. The predicted octanol–water partition coefficient (Wildman–Crippen LogP) is 9.92. The van der Waals surface area contributed by atoms with E-state index in [4.69, 9.17) is 4.74 Å². The smallest absolute Gasteiger partial charge is 0.123 e. The summed E-state index contributed by atoms with van der Waals surface area (Å²) < 4.78 is 6.40. The quantitative estimate of drug-likeness (QED) is 0.164. The van der Waals surface area contributed by atoms with Gasteiger partial charge in [0.15, 0.2) is 0 Å². The molecule has 0 aliphatic carbocycles. The first-order valence-corrected chi connectivity index (χ1v) is 12.6. The minimum Gasteiger partial charge on any atom is -0.458 e. The molecule has 2 unspecified atom stereocenters. The van der Waals surface area contributed by atoms with Crippen LogP contribution >= 0.6 is 0 Å². The summed E-state index contributed by atoms with van der Waals surface area (Å²) in [5.74, 6) is 3.55. The Morgan fingerprint density at radius 3 is 1.38 bits per heavy atom. The summed E-state index contributed by atoms with van der Waals surface area (Å²) in [7, 11) is 0. The minimum absolute atomic E-state index is 0.765. The Hall–Kier alpha value is -1.24. The van der Waals surface area contributed by atoms with Crippen LogP contribution in [-0.2, 0) is 4.74 Å². The molecule has 0 aromatic rings. The lowest BCUT2D eigenvalue weighted by atomic mass is 9.95. The molecule has 0 aliphatic rings. The standard InChI is InChI=1S/C28H50O/c1-7-13-17-25(11-5)21-23-27(19-15-9-3)29-28(20-16-10-4)24-22-26(12-6)18-14-8-2/h15-16,19-20,23-26H,7-14,17-18,21-22H2,1-6H3. The first-order valence-electron chi connectivity index (χ1n) is 12.6. The average Bonchev–Trinajstić information content (AvgIpc) is 2.75. The van der Waals surface area contributed by atoms with Gasteiger partial charge in [-0.15, -0.1) is 0 Å². The second-order valence-corrected chi connectivity index (χ2v) is 8.24. The monoisotopic (exact) mass is 402 g/mol. The summed E-state index contributed by atoms with van der Waals surface area (Å²) >= 11 is 0. The summed E-state index contributed by atoms with van der Waals surface area (Å²) in [4.78, 5) is 0. The number of rotatable bonds is 18. The lowest BCUT2D eigenvalue weighted by Crippen LogP contribution is -2.00. The molecule has 0 aromatic carbocycles. The van der Waals surface area contributed by atoms with Crippen molar-refractivity contribution in [1.29, 1.82) is 0 Å². The van der Waals surface area contributed by atoms with Crippen molar-refractivity contribution in [2.45, 2.75) is 119 Å². The predicted molar refractivity (Wildman–Crippen MR) is 132 cm³/mol. The molecule has 0 rings (SSSR count). The molecule has 0 heterocycles. The van der Waals surface area contributed by atoms with E-state index in [1.54, 1.807) is 0 Å². The number of allylic oxidation sites excluding steroid dienone is 6. The van der Waals surface area contributed by atoms with Crippen molar-refractivity contribution in [1.82, 2.24) is 0 Å². The Balaban J connectivity index is 5.27.